The number of amides is 2. The van der Waals surface area contributed by atoms with Crippen molar-refractivity contribution in [3.05, 3.63) is 70.5 Å². The van der Waals surface area contributed by atoms with Gasteiger partial charge in [0.05, 0.1) is 10.6 Å². The molecule has 0 aromatic heterocycles. The maximum absolute atomic E-state index is 13.2. The Kier molecular flexibility index (Phi) is 7.04. The van der Waals surface area contributed by atoms with Gasteiger partial charge < -0.3 is 14.5 Å². The maximum Gasteiger partial charge on any atom is 0.255 e. The summed E-state index contributed by atoms with van der Waals surface area (Å²) in [7, 11) is 0. The highest BCUT2D eigenvalue weighted by atomic mass is 35.5. The predicted molar refractivity (Wildman–Crippen MR) is 110 cm³/mol. The SMILES string of the molecule is N#CCOc1ccc(/C=C/C(=O)N2CCN(C(=O)c3ccc(F)cc3Cl)CC2)cc1. The van der Waals surface area contributed by atoms with Gasteiger partial charge in [0.2, 0.25) is 5.91 Å². The van der Waals surface area contributed by atoms with E-state index in [0.29, 0.717) is 31.9 Å². The summed E-state index contributed by atoms with van der Waals surface area (Å²) in [6.45, 7) is 1.52. The molecule has 8 heteroatoms. The molecule has 1 saturated heterocycles. The summed E-state index contributed by atoms with van der Waals surface area (Å²) in [5.74, 6) is -0.335. The highest BCUT2D eigenvalue weighted by molar-refractivity contribution is 6.33. The van der Waals surface area contributed by atoms with Crippen molar-refractivity contribution in [3.8, 4) is 11.8 Å². The fraction of sp³-hybridized carbons (Fsp3) is 0.227. The Hall–Kier alpha value is -3.37. The average molecular weight is 428 g/mol. The first-order valence-corrected chi connectivity index (χ1v) is 9.67. The van der Waals surface area contributed by atoms with Crippen LogP contribution < -0.4 is 4.74 Å². The van der Waals surface area contributed by atoms with Crippen LogP contribution in [0.2, 0.25) is 5.02 Å². The van der Waals surface area contributed by atoms with Crippen LogP contribution in [0.4, 0.5) is 4.39 Å². The van der Waals surface area contributed by atoms with Crippen LogP contribution >= 0.6 is 11.6 Å². The number of piperazine rings is 1. The zero-order chi connectivity index (χ0) is 21.5. The van der Waals surface area contributed by atoms with Gasteiger partial charge in [-0.1, -0.05) is 23.7 Å². The van der Waals surface area contributed by atoms with Crippen LogP contribution in [0.1, 0.15) is 15.9 Å². The van der Waals surface area contributed by atoms with Crippen molar-refractivity contribution in [2.45, 2.75) is 0 Å². The number of nitriles is 1. The molecule has 0 unspecified atom stereocenters. The molecule has 0 spiro atoms. The first-order valence-electron chi connectivity index (χ1n) is 9.29. The van der Waals surface area contributed by atoms with Gasteiger partial charge in [0.15, 0.2) is 6.61 Å². The lowest BCUT2D eigenvalue weighted by molar-refractivity contribution is -0.127. The molecule has 2 aromatic carbocycles. The van der Waals surface area contributed by atoms with E-state index in [-0.39, 0.29) is 29.0 Å². The summed E-state index contributed by atoms with van der Waals surface area (Å²) >= 11 is 5.97. The molecule has 0 atom stereocenters. The van der Waals surface area contributed by atoms with E-state index in [9.17, 15) is 14.0 Å². The number of ether oxygens (including phenoxy) is 1. The first-order chi connectivity index (χ1) is 14.5. The van der Waals surface area contributed by atoms with E-state index in [0.717, 1.165) is 11.6 Å². The van der Waals surface area contributed by atoms with Gasteiger partial charge >= 0.3 is 0 Å². The second-order valence-corrected chi connectivity index (χ2v) is 7.00. The van der Waals surface area contributed by atoms with Crippen molar-refractivity contribution in [3.63, 3.8) is 0 Å². The average Bonchev–Trinajstić information content (AvgIpc) is 2.76. The molecule has 0 N–H and O–H groups in total. The third-order valence-electron chi connectivity index (χ3n) is 4.64. The highest BCUT2D eigenvalue weighted by Crippen LogP contribution is 2.20. The van der Waals surface area contributed by atoms with Crippen LogP contribution in [0, 0.1) is 17.1 Å². The van der Waals surface area contributed by atoms with E-state index >= 15 is 0 Å². The number of hydrogen-bond donors (Lipinski definition) is 0. The van der Waals surface area contributed by atoms with Crippen molar-refractivity contribution in [2.75, 3.05) is 32.8 Å². The van der Waals surface area contributed by atoms with Crippen molar-refractivity contribution in [1.82, 2.24) is 9.80 Å². The Morgan fingerprint density at radius 3 is 2.40 bits per heavy atom. The van der Waals surface area contributed by atoms with Crippen molar-refractivity contribution in [2.24, 2.45) is 0 Å². The molecule has 30 heavy (non-hydrogen) atoms. The van der Waals surface area contributed by atoms with Crippen LogP contribution in [-0.2, 0) is 4.79 Å². The minimum atomic E-state index is -0.497. The van der Waals surface area contributed by atoms with Crippen molar-refractivity contribution < 1.29 is 18.7 Å². The van der Waals surface area contributed by atoms with E-state index in [1.165, 1.54) is 18.2 Å². The Morgan fingerprint density at radius 2 is 1.77 bits per heavy atom. The van der Waals surface area contributed by atoms with E-state index in [1.54, 1.807) is 40.1 Å². The molecule has 3 rings (SSSR count). The van der Waals surface area contributed by atoms with Crippen LogP contribution in [0.5, 0.6) is 5.75 Å². The van der Waals surface area contributed by atoms with E-state index < -0.39 is 5.82 Å². The molecule has 0 bridgehead atoms. The standard InChI is InChI=1S/C22H19ClFN3O3/c23-20-15-17(24)4-7-19(20)22(29)27-12-10-26(11-13-27)21(28)8-3-16-1-5-18(6-2-16)30-14-9-25/h1-8,15H,10-14H2/b8-3+. The molecule has 1 aliphatic rings. The summed E-state index contributed by atoms with van der Waals surface area (Å²) in [5.41, 5.74) is 1.08. The Balaban J connectivity index is 1.53. The van der Waals surface area contributed by atoms with Crippen LogP contribution in [-0.4, -0.2) is 54.4 Å². The predicted octanol–water partition coefficient (Wildman–Crippen LogP) is 3.38. The van der Waals surface area contributed by atoms with Crippen LogP contribution in [0.3, 0.4) is 0 Å². The molecule has 2 aromatic rings. The summed E-state index contributed by atoms with van der Waals surface area (Å²) in [6.07, 6.45) is 3.19. The van der Waals surface area contributed by atoms with Crippen molar-refractivity contribution in [1.29, 1.82) is 5.26 Å². The van der Waals surface area contributed by atoms with Gasteiger partial charge in [0, 0.05) is 32.3 Å². The van der Waals surface area contributed by atoms with E-state index in [2.05, 4.69) is 0 Å². The van der Waals surface area contributed by atoms with Gasteiger partial charge in [-0.05, 0) is 42.0 Å². The second kappa shape index (κ2) is 9.90. The van der Waals surface area contributed by atoms with Gasteiger partial charge in [-0.3, -0.25) is 9.59 Å². The van der Waals surface area contributed by atoms with Gasteiger partial charge in [0.25, 0.3) is 5.91 Å². The van der Waals surface area contributed by atoms with Gasteiger partial charge in [-0.2, -0.15) is 5.26 Å². The molecule has 0 saturated carbocycles. The third kappa shape index (κ3) is 5.37. The fourth-order valence-corrected chi connectivity index (χ4v) is 3.27. The first kappa shape index (κ1) is 21.3. The Labute approximate surface area is 178 Å². The Morgan fingerprint density at radius 1 is 1.10 bits per heavy atom. The number of carbonyl (C=O) groups is 2. The molecule has 1 heterocycles. The van der Waals surface area contributed by atoms with Gasteiger partial charge in [0.1, 0.15) is 17.6 Å². The minimum Gasteiger partial charge on any atom is -0.479 e. The lowest BCUT2D eigenvalue weighted by Crippen LogP contribution is -2.50. The van der Waals surface area contributed by atoms with Gasteiger partial charge in [-0.15, -0.1) is 0 Å². The summed E-state index contributed by atoms with van der Waals surface area (Å²) < 4.78 is 18.4. The zero-order valence-corrected chi connectivity index (χ0v) is 16.8. The molecule has 154 valence electrons. The second-order valence-electron chi connectivity index (χ2n) is 6.59. The smallest absolute Gasteiger partial charge is 0.255 e. The lowest BCUT2D eigenvalue weighted by atomic mass is 10.1. The minimum absolute atomic E-state index is 0.0183. The summed E-state index contributed by atoms with van der Waals surface area (Å²) in [4.78, 5) is 28.3. The molecule has 2 amide bonds. The fourth-order valence-electron chi connectivity index (χ4n) is 3.03. The molecule has 0 aliphatic carbocycles. The van der Waals surface area contributed by atoms with E-state index in [1.807, 2.05) is 6.07 Å². The molecular formula is C22H19ClFN3O3. The summed E-state index contributed by atoms with van der Waals surface area (Å²) in [6, 6.07) is 12.6. The van der Waals surface area contributed by atoms with Crippen molar-refractivity contribution >= 4 is 29.5 Å². The number of hydrogen-bond acceptors (Lipinski definition) is 4. The molecule has 6 nitrogen and oxygen atoms in total. The number of rotatable bonds is 5. The Bertz CT molecular complexity index is 994. The van der Waals surface area contributed by atoms with Crippen LogP contribution in [0.25, 0.3) is 6.08 Å². The largest absolute Gasteiger partial charge is 0.479 e. The number of halogens is 2. The number of carbonyl (C=O) groups excluding carboxylic acids is 2. The molecule has 1 aliphatic heterocycles. The van der Waals surface area contributed by atoms with Gasteiger partial charge in [-0.25, -0.2) is 4.39 Å². The number of benzene rings is 2. The maximum atomic E-state index is 13.2. The number of nitrogens with zero attached hydrogens (tertiary/aromatic N) is 3. The molecule has 0 radical (unpaired) electrons. The monoisotopic (exact) mass is 427 g/mol. The topological polar surface area (TPSA) is 73.6 Å². The normalized spacial score (nSPS) is 13.9. The molecular weight excluding hydrogens is 409 g/mol. The molecule has 1 fully saturated rings. The highest BCUT2D eigenvalue weighted by Gasteiger charge is 2.25. The third-order valence-corrected chi connectivity index (χ3v) is 4.95. The lowest BCUT2D eigenvalue weighted by Gasteiger charge is -2.34. The summed E-state index contributed by atoms with van der Waals surface area (Å²) in [5, 5.41) is 8.58. The zero-order valence-electron chi connectivity index (χ0n) is 16.1. The van der Waals surface area contributed by atoms with E-state index in [4.69, 9.17) is 21.6 Å². The quantitative estimate of drug-likeness (QED) is 0.686. The van der Waals surface area contributed by atoms with Crippen LogP contribution in [0.15, 0.2) is 48.5 Å².